The molecular formula is C15H18BrCl. The second-order valence-electron chi connectivity index (χ2n) is 4.07. The van der Waals surface area contributed by atoms with Crippen LogP contribution < -0.4 is 0 Å². The molecule has 92 valence electrons. The van der Waals surface area contributed by atoms with Crippen LogP contribution in [0.3, 0.4) is 0 Å². The first-order valence-corrected chi connectivity index (χ1v) is 7.35. The quantitative estimate of drug-likeness (QED) is 0.475. The second-order valence-corrected chi connectivity index (χ2v) is 5.30. The van der Waals surface area contributed by atoms with E-state index in [9.17, 15) is 0 Å². The van der Waals surface area contributed by atoms with Gasteiger partial charge >= 0.3 is 0 Å². The largest absolute Gasteiger partial charge is 0.0978 e. The highest BCUT2D eigenvalue weighted by Crippen LogP contribution is 2.25. The Morgan fingerprint density at radius 3 is 2.71 bits per heavy atom. The zero-order valence-corrected chi connectivity index (χ0v) is 12.6. The smallest absolute Gasteiger partial charge is 0.0704 e. The Hall–Kier alpha value is -0.450. The highest BCUT2D eigenvalue weighted by molar-refractivity contribution is 9.10. The SMILES string of the molecule is CCCCCCCC#Cc1cccc(Br)c1Cl. The topological polar surface area (TPSA) is 0 Å². The number of rotatable bonds is 5. The minimum atomic E-state index is 0.714. The minimum absolute atomic E-state index is 0.714. The molecule has 0 nitrogen and oxygen atoms in total. The Labute approximate surface area is 118 Å². The molecule has 0 saturated heterocycles. The number of benzene rings is 1. The normalized spacial score (nSPS) is 9.82. The zero-order valence-electron chi connectivity index (χ0n) is 10.2. The number of halogens is 2. The van der Waals surface area contributed by atoms with Crippen molar-refractivity contribution in [3.8, 4) is 11.8 Å². The molecule has 0 aliphatic heterocycles. The predicted octanol–water partition coefficient (Wildman–Crippen LogP) is 5.81. The predicted molar refractivity (Wildman–Crippen MR) is 79.4 cm³/mol. The first-order chi connectivity index (χ1) is 8.25. The van der Waals surface area contributed by atoms with Crippen molar-refractivity contribution in [2.75, 3.05) is 0 Å². The maximum absolute atomic E-state index is 6.13. The van der Waals surface area contributed by atoms with Crippen molar-refractivity contribution in [3.05, 3.63) is 33.3 Å². The van der Waals surface area contributed by atoms with Gasteiger partial charge in [0.25, 0.3) is 0 Å². The van der Waals surface area contributed by atoms with E-state index in [1.54, 1.807) is 0 Å². The lowest BCUT2D eigenvalue weighted by Gasteiger charge is -1.97. The molecule has 0 spiro atoms. The van der Waals surface area contributed by atoms with Gasteiger partial charge in [0.15, 0.2) is 0 Å². The van der Waals surface area contributed by atoms with Crippen molar-refractivity contribution in [2.45, 2.75) is 45.4 Å². The Morgan fingerprint density at radius 2 is 1.94 bits per heavy atom. The third kappa shape index (κ3) is 5.61. The standard InChI is InChI=1S/C15H18BrCl/c1-2-3-4-5-6-7-8-10-13-11-9-12-14(16)15(13)17/h9,11-12H,2-7H2,1H3. The third-order valence-electron chi connectivity index (χ3n) is 2.58. The molecule has 0 aliphatic carbocycles. The summed E-state index contributed by atoms with van der Waals surface area (Å²) in [4.78, 5) is 0. The lowest BCUT2D eigenvalue weighted by atomic mass is 10.1. The lowest BCUT2D eigenvalue weighted by Crippen LogP contribution is -1.79. The fraction of sp³-hybridized carbons (Fsp3) is 0.467. The summed E-state index contributed by atoms with van der Waals surface area (Å²) in [6.07, 6.45) is 7.40. The number of hydrogen-bond donors (Lipinski definition) is 0. The van der Waals surface area contributed by atoms with Crippen LogP contribution in [-0.4, -0.2) is 0 Å². The molecule has 0 fully saturated rings. The van der Waals surface area contributed by atoms with Crippen LogP contribution >= 0.6 is 27.5 Å². The summed E-state index contributed by atoms with van der Waals surface area (Å²) in [5, 5.41) is 0.714. The van der Waals surface area contributed by atoms with Crippen molar-refractivity contribution in [1.29, 1.82) is 0 Å². The van der Waals surface area contributed by atoms with Gasteiger partial charge in [-0.3, -0.25) is 0 Å². The number of hydrogen-bond acceptors (Lipinski definition) is 0. The van der Waals surface area contributed by atoms with Gasteiger partial charge < -0.3 is 0 Å². The molecule has 1 aromatic rings. The first kappa shape index (κ1) is 14.6. The van der Waals surface area contributed by atoms with Crippen molar-refractivity contribution < 1.29 is 0 Å². The molecule has 0 heterocycles. The van der Waals surface area contributed by atoms with Crippen molar-refractivity contribution in [3.63, 3.8) is 0 Å². The van der Waals surface area contributed by atoms with E-state index in [0.29, 0.717) is 5.02 Å². The number of unbranched alkanes of at least 4 members (excludes halogenated alkanes) is 5. The van der Waals surface area contributed by atoms with Crippen LogP contribution in [0.4, 0.5) is 0 Å². The molecule has 0 unspecified atom stereocenters. The molecule has 0 atom stereocenters. The van der Waals surface area contributed by atoms with Gasteiger partial charge in [-0.1, -0.05) is 62.1 Å². The van der Waals surface area contributed by atoms with Gasteiger partial charge in [0.05, 0.1) is 5.02 Å². The highest BCUT2D eigenvalue weighted by atomic mass is 79.9. The van der Waals surface area contributed by atoms with E-state index in [0.717, 1.165) is 16.5 Å². The average Bonchev–Trinajstić information content (AvgIpc) is 2.33. The maximum atomic E-state index is 6.13. The molecule has 0 saturated carbocycles. The van der Waals surface area contributed by atoms with Crippen LogP contribution in [0, 0.1) is 11.8 Å². The molecule has 0 N–H and O–H groups in total. The molecule has 0 amide bonds. The van der Waals surface area contributed by atoms with Crippen LogP contribution in [0.25, 0.3) is 0 Å². The summed E-state index contributed by atoms with van der Waals surface area (Å²) < 4.78 is 0.911. The summed E-state index contributed by atoms with van der Waals surface area (Å²) in [6, 6.07) is 5.84. The average molecular weight is 314 g/mol. The van der Waals surface area contributed by atoms with Gasteiger partial charge in [-0.25, -0.2) is 0 Å². The first-order valence-electron chi connectivity index (χ1n) is 6.18. The van der Waals surface area contributed by atoms with Crippen LogP contribution in [0.1, 0.15) is 51.0 Å². The van der Waals surface area contributed by atoms with Crippen molar-refractivity contribution in [1.82, 2.24) is 0 Å². The minimum Gasteiger partial charge on any atom is -0.0978 e. The summed E-state index contributed by atoms with van der Waals surface area (Å²) in [5.74, 6) is 6.32. The molecule has 0 bridgehead atoms. The van der Waals surface area contributed by atoms with Gasteiger partial charge in [0, 0.05) is 16.5 Å². The summed E-state index contributed by atoms with van der Waals surface area (Å²) >= 11 is 9.52. The van der Waals surface area contributed by atoms with Gasteiger partial charge in [0.2, 0.25) is 0 Å². The van der Waals surface area contributed by atoms with E-state index in [1.165, 1.54) is 32.1 Å². The van der Waals surface area contributed by atoms with Gasteiger partial charge in [-0.2, -0.15) is 0 Å². The van der Waals surface area contributed by atoms with Crippen LogP contribution in [0.15, 0.2) is 22.7 Å². The summed E-state index contributed by atoms with van der Waals surface area (Å²) in [6.45, 7) is 2.23. The van der Waals surface area contributed by atoms with E-state index in [4.69, 9.17) is 11.6 Å². The van der Waals surface area contributed by atoms with Crippen LogP contribution in [-0.2, 0) is 0 Å². The fourth-order valence-corrected chi connectivity index (χ4v) is 2.11. The van der Waals surface area contributed by atoms with E-state index >= 15 is 0 Å². The van der Waals surface area contributed by atoms with E-state index < -0.39 is 0 Å². The molecular weight excluding hydrogens is 296 g/mol. The van der Waals surface area contributed by atoms with Crippen LogP contribution in [0.2, 0.25) is 5.02 Å². The van der Waals surface area contributed by atoms with Crippen LogP contribution in [0.5, 0.6) is 0 Å². The fourth-order valence-electron chi connectivity index (χ4n) is 1.58. The zero-order chi connectivity index (χ0) is 12.5. The molecule has 0 aromatic heterocycles. The van der Waals surface area contributed by atoms with E-state index in [-0.39, 0.29) is 0 Å². The second kappa shape index (κ2) is 8.61. The van der Waals surface area contributed by atoms with Crippen molar-refractivity contribution >= 4 is 27.5 Å². The van der Waals surface area contributed by atoms with E-state index in [2.05, 4.69) is 34.7 Å². The van der Waals surface area contributed by atoms with Crippen molar-refractivity contribution in [2.24, 2.45) is 0 Å². The van der Waals surface area contributed by atoms with Gasteiger partial charge in [0.1, 0.15) is 0 Å². The summed E-state index contributed by atoms with van der Waals surface area (Å²) in [5.41, 5.74) is 0.912. The lowest BCUT2D eigenvalue weighted by molar-refractivity contribution is 0.641. The molecule has 2 heteroatoms. The molecule has 1 rings (SSSR count). The molecule has 0 radical (unpaired) electrons. The maximum Gasteiger partial charge on any atom is 0.0704 e. The Bertz CT molecular complexity index is 401. The summed E-state index contributed by atoms with van der Waals surface area (Å²) in [7, 11) is 0. The molecule has 0 aliphatic rings. The monoisotopic (exact) mass is 312 g/mol. The van der Waals surface area contributed by atoms with Gasteiger partial charge in [-0.15, -0.1) is 0 Å². The Kier molecular flexibility index (Phi) is 7.40. The Balaban J connectivity index is 2.36. The molecule has 1 aromatic carbocycles. The Morgan fingerprint density at radius 1 is 1.18 bits per heavy atom. The molecule has 17 heavy (non-hydrogen) atoms. The van der Waals surface area contributed by atoms with Gasteiger partial charge in [-0.05, 0) is 34.5 Å². The van der Waals surface area contributed by atoms with E-state index in [1.807, 2.05) is 18.2 Å². The third-order valence-corrected chi connectivity index (χ3v) is 3.88. The highest BCUT2D eigenvalue weighted by Gasteiger charge is 1.99.